The maximum absolute atomic E-state index is 12.5. The molecule has 20 heavy (non-hydrogen) atoms. The van der Waals surface area contributed by atoms with E-state index in [1.165, 1.54) is 12.1 Å². The summed E-state index contributed by atoms with van der Waals surface area (Å²) in [6.45, 7) is 3.34. The van der Waals surface area contributed by atoms with Crippen molar-refractivity contribution in [2.75, 3.05) is 13.1 Å². The molecule has 0 saturated carbocycles. The summed E-state index contributed by atoms with van der Waals surface area (Å²) in [5, 5.41) is 0. The summed E-state index contributed by atoms with van der Waals surface area (Å²) >= 11 is 0. The second-order valence-electron chi connectivity index (χ2n) is 3.91. The van der Waals surface area contributed by atoms with Gasteiger partial charge in [0.05, 0.1) is 4.90 Å². The van der Waals surface area contributed by atoms with E-state index in [0.717, 1.165) is 16.4 Å². The SMILES string of the molecule is CCN(CC)S(=O)(=O)c1ccccc1C(=O)C(F)(F)F. The van der Waals surface area contributed by atoms with Crippen LogP contribution in [0.1, 0.15) is 24.2 Å². The summed E-state index contributed by atoms with van der Waals surface area (Å²) in [7, 11) is -4.12. The summed E-state index contributed by atoms with van der Waals surface area (Å²) in [6, 6.07) is 4.35. The average Bonchev–Trinajstić information content (AvgIpc) is 2.38. The first-order chi connectivity index (χ1) is 9.16. The summed E-state index contributed by atoms with van der Waals surface area (Å²) in [6.07, 6.45) is -5.12. The van der Waals surface area contributed by atoms with E-state index in [2.05, 4.69) is 0 Å². The molecule has 0 fully saturated rings. The maximum Gasteiger partial charge on any atom is 0.454 e. The van der Waals surface area contributed by atoms with Crippen LogP contribution in [0.5, 0.6) is 0 Å². The van der Waals surface area contributed by atoms with E-state index in [4.69, 9.17) is 0 Å². The highest BCUT2D eigenvalue weighted by Crippen LogP contribution is 2.27. The van der Waals surface area contributed by atoms with Gasteiger partial charge in [0.2, 0.25) is 10.0 Å². The van der Waals surface area contributed by atoms with Crippen molar-refractivity contribution in [1.29, 1.82) is 0 Å². The van der Waals surface area contributed by atoms with E-state index in [1.54, 1.807) is 13.8 Å². The van der Waals surface area contributed by atoms with Crippen molar-refractivity contribution in [3.05, 3.63) is 29.8 Å². The standard InChI is InChI=1S/C12H14F3NO3S/c1-3-16(4-2)20(18,19)10-8-6-5-7-9(10)11(17)12(13,14)15/h5-8H,3-4H2,1-2H3. The van der Waals surface area contributed by atoms with Gasteiger partial charge in [0, 0.05) is 18.7 Å². The first kappa shape index (κ1) is 16.6. The third kappa shape index (κ3) is 3.18. The van der Waals surface area contributed by atoms with Gasteiger partial charge >= 0.3 is 6.18 Å². The Kier molecular flexibility index (Phi) is 4.93. The van der Waals surface area contributed by atoms with E-state index < -0.39 is 32.4 Å². The number of rotatable bonds is 5. The Labute approximate surface area is 115 Å². The summed E-state index contributed by atoms with van der Waals surface area (Å²) in [5.41, 5.74) is -0.855. The van der Waals surface area contributed by atoms with Crippen LogP contribution in [0.3, 0.4) is 0 Å². The van der Waals surface area contributed by atoms with Crippen LogP contribution in [0.15, 0.2) is 29.2 Å². The van der Waals surface area contributed by atoms with Crippen molar-refractivity contribution in [1.82, 2.24) is 4.31 Å². The summed E-state index contributed by atoms with van der Waals surface area (Å²) < 4.78 is 63.0. The molecule has 0 bridgehead atoms. The van der Waals surface area contributed by atoms with Gasteiger partial charge in [-0.05, 0) is 12.1 Å². The highest BCUT2D eigenvalue weighted by Gasteiger charge is 2.42. The summed E-state index contributed by atoms with van der Waals surface area (Å²) in [5.74, 6) is -2.16. The molecule has 0 radical (unpaired) electrons. The zero-order valence-corrected chi connectivity index (χ0v) is 11.8. The Hall–Kier alpha value is -1.41. The summed E-state index contributed by atoms with van der Waals surface area (Å²) in [4.78, 5) is 10.7. The van der Waals surface area contributed by atoms with E-state index in [0.29, 0.717) is 0 Å². The average molecular weight is 309 g/mol. The second kappa shape index (κ2) is 5.92. The Morgan fingerprint density at radius 2 is 1.65 bits per heavy atom. The third-order valence-corrected chi connectivity index (χ3v) is 4.82. The smallest absolute Gasteiger partial charge is 0.284 e. The van der Waals surface area contributed by atoms with Crippen LogP contribution in [0.25, 0.3) is 0 Å². The molecule has 0 aliphatic heterocycles. The Morgan fingerprint density at radius 1 is 1.15 bits per heavy atom. The zero-order chi connectivity index (χ0) is 15.6. The fourth-order valence-corrected chi connectivity index (χ4v) is 3.38. The number of carbonyl (C=O) groups is 1. The number of alkyl halides is 3. The molecule has 0 heterocycles. The molecule has 4 nitrogen and oxygen atoms in total. The van der Waals surface area contributed by atoms with Gasteiger partial charge in [-0.15, -0.1) is 0 Å². The first-order valence-corrected chi connectivity index (χ1v) is 7.31. The lowest BCUT2D eigenvalue weighted by Gasteiger charge is -2.20. The van der Waals surface area contributed by atoms with Crippen LogP contribution in [-0.4, -0.2) is 37.8 Å². The number of hydrogen-bond acceptors (Lipinski definition) is 3. The van der Waals surface area contributed by atoms with Gasteiger partial charge in [-0.2, -0.15) is 17.5 Å². The molecule has 0 aliphatic carbocycles. The van der Waals surface area contributed by atoms with Gasteiger partial charge in [-0.3, -0.25) is 4.79 Å². The fourth-order valence-electron chi connectivity index (χ4n) is 1.73. The quantitative estimate of drug-likeness (QED) is 0.785. The van der Waals surface area contributed by atoms with Crippen LogP contribution in [0, 0.1) is 0 Å². The van der Waals surface area contributed by atoms with Gasteiger partial charge in [-0.1, -0.05) is 26.0 Å². The van der Waals surface area contributed by atoms with Gasteiger partial charge in [-0.25, -0.2) is 8.42 Å². The number of nitrogens with zero attached hydrogens (tertiary/aromatic N) is 1. The van der Waals surface area contributed by atoms with Gasteiger partial charge in [0.1, 0.15) is 0 Å². The molecule has 0 saturated heterocycles. The monoisotopic (exact) mass is 309 g/mol. The van der Waals surface area contributed by atoms with Crippen molar-refractivity contribution < 1.29 is 26.4 Å². The van der Waals surface area contributed by atoms with Gasteiger partial charge in [0.15, 0.2) is 0 Å². The normalized spacial score (nSPS) is 12.7. The fraction of sp³-hybridized carbons (Fsp3) is 0.417. The number of benzene rings is 1. The lowest BCUT2D eigenvalue weighted by atomic mass is 10.1. The van der Waals surface area contributed by atoms with Crippen molar-refractivity contribution in [3.63, 3.8) is 0 Å². The van der Waals surface area contributed by atoms with Gasteiger partial charge in [0.25, 0.3) is 5.78 Å². The van der Waals surface area contributed by atoms with E-state index in [1.807, 2.05) is 0 Å². The number of Topliss-reactive ketones (excluding diaryl/α,β-unsaturated/α-hetero) is 1. The predicted molar refractivity (Wildman–Crippen MR) is 66.9 cm³/mol. The van der Waals surface area contributed by atoms with E-state index in [9.17, 15) is 26.4 Å². The highest BCUT2D eigenvalue weighted by atomic mass is 32.2. The van der Waals surface area contributed by atoms with Crippen LogP contribution in [0.4, 0.5) is 13.2 Å². The van der Waals surface area contributed by atoms with Crippen molar-refractivity contribution in [2.24, 2.45) is 0 Å². The van der Waals surface area contributed by atoms with Crippen molar-refractivity contribution in [2.45, 2.75) is 24.9 Å². The predicted octanol–water partition coefficient (Wildman–Crippen LogP) is 2.46. The van der Waals surface area contributed by atoms with Crippen molar-refractivity contribution >= 4 is 15.8 Å². The number of carbonyl (C=O) groups excluding carboxylic acids is 1. The van der Waals surface area contributed by atoms with Crippen LogP contribution < -0.4 is 0 Å². The Morgan fingerprint density at radius 3 is 2.10 bits per heavy atom. The minimum Gasteiger partial charge on any atom is -0.284 e. The molecule has 0 aromatic heterocycles. The first-order valence-electron chi connectivity index (χ1n) is 5.87. The topological polar surface area (TPSA) is 54.5 Å². The Bertz CT molecular complexity index is 592. The molecule has 0 spiro atoms. The second-order valence-corrected chi connectivity index (χ2v) is 5.82. The molecular formula is C12H14F3NO3S. The molecule has 0 aliphatic rings. The van der Waals surface area contributed by atoms with Crippen molar-refractivity contribution in [3.8, 4) is 0 Å². The number of halogens is 3. The molecule has 1 aromatic rings. The lowest BCUT2D eigenvalue weighted by molar-refractivity contribution is -0.0887. The minimum atomic E-state index is -5.12. The highest BCUT2D eigenvalue weighted by molar-refractivity contribution is 7.89. The largest absolute Gasteiger partial charge is 0.454 e. The molecule has 8 heteroatoms. The van der Waals surface area contributed by atoms with Crippen LogP contribution >= 0.6 is 0 Å². The van der Waals surface area contributed by atoms with Gasteiger partial charge < -0.3 is 0 Å². The lowest BCUT2D eigenvalue weighted by Crippen LogP contribution is -2.33. The molecule has 1 aromatic carbocycles. The molecular weight excluding hydrogens is 295 g/mol. The van der Waals surface area contributed by atoms with Crippen LogP contribution in [-0.2, 0) is 10.0 Å². The number of hydrogen-bond donors (Lipinski definition) is 0. The molecule has 1 rings (SSSR count). The molecule has 0 amide bonds. The van der Waals surface area contributed by atoms with Crippen LogP contribution in [0.2, 0.25) is 0 Å². The van der Waals surface area contributed by atoms with E-state index >= 15 is 0 Å². The third-order valence-electron chi connectivity index (χ3n) is 2.71. The van der Waals surface area contributed by atoms with E-state index in [-0.39, 0.29) is 13.1 Å². The molecule has 112 valence electrons. The number of sulfonamides is 1. The maximum atomic E-state index is 12.5. The molecule has 0 unspecified atom stereocenters. The number of ketones is 1. The minimum absolute atomic E-state index is 0.105. The molecule has 0 N–H and O–H groups in total. The molecule has 0 atom stereocenters. The zero-order valence-electron chi connectivity index (χ0n) is 10.9. The Balaban J connectivity index is 3.45.